The lowest BCUT2D eigenvalue weighted by Gasteiger charge is -2.07. The lowest BCUT2D eigenvalue weighted by atomic mass is 10.0. The average Bonchev–Trinajstić information content (AvgIpc) is 2.30. The molecule has 0 heterocycles. The van der Waals surface area contributed by atoms with Gasteiger partial charge < -0.3 is 5.11 Å². The third kappa shape index (κ3) is 2.01. The fraction of sp³-hybridized carbons (Fsp3) is 0. The van der Waals surface area contributed by atoms with Crippen LogP contribution in [0.3, 0.4) is 0 Å². The van der Waals surface area contributed by atoms with Crippen LogP contribution in [-0.2, 0) is 4.79 Å². The van der Waals surface area contributed by atoms with Gasteiger partial charge in [-0.05, 0) is 18.2 Å². The van der Waals surface area contributed by atoms with E-state index >= 15 is 0 Å². The topological polar surface area (TPSA) is 37.3 Å². The standard InChI is InChI=1S/C13H7F2O2/c14-9-4-5-10(12(15)6-9)11-3-1-2-8(7-16)13(11)17/h1-6,17H. The molecule has 0 unspecified atom stereocenters. The summed E-state index contributed by atoms with van der Waals surface area (Å²) in [6.45, 7) is 0. The number of para-hydroxylation sites is 1. The first-order valence-corrected chi connectivity index (χ1v) is 4.79. The fourth-order valence-corrected chi connectivity index (χ4v) is 1.55. The summed E-state index contributed by atoms with van der Waals surface area (Å²) in [6, 6.07) is 7.27. The number of halogens is 2. The third-order valence-electron chi connectivity index (χ3n) is 2.37. The first kappa shape index (κ1) is 11.3. The Morgan fingerprint density at radius 2 is 1.82 bits per heavy atom. The van der Waals surface area contributed by atoms with E-state index in [1.807, 2.05) is 0 Å². The van der Waals surface area contributed by atoms with Crippen LogP contribution in [0, 0.1) is 11.6 Å². The van der Waals surface area contributed by atoms with Crippen molar-refractivity contribution in [2.24, 2.45) is 0 Å². The lowest BCUT2D eigenvalue weighted by molar-refractivity contribution is 0.473. The van der Waals surface area contributed by atoms with E-state index in [9.17, 15) is 18.7 Å². The van der Waals surface area contributed by atoms with E-state index in [-0.39, 0.29) is 22.4 Å². The molecule has 0 saturated heterocycles. The minimum atomic E-state index is -0.802. The molecular formula is C13H7F2O2. The second kappa shape index (κ2) is 4.33. The first-order chi connectivity index (χ1) is 8.13. The van der Waals surface area contributed by atoms with Crippen molar-refractivity contribution in [3.63, 3.8) is 0 Å². The van der Waals surface area contributed by atoms with Gasteiger partial charge in [0.2, 0.25) is 6.29 Å². The van der Waals surface area contributed by atoms with E-state index in [4.69, 9.17) is 0 Å². The Morgan fingerprint density at radius 1 is 1.06 bits per heavy atom. The second-order valence-corrected chi connectivity index (χ2v) is 3.43. The molecule has 2 aromatic carbocycles. The van der Waals surface area contributed by atoms with Gasteiger partial charge in [0.05, 0.1) is 5.56 Å². The zero-order chi connectivity index (χ0) is 12.4. The van der Waals surface area contributed by atoms with Gasteiger partial charge in [0.15, 0.2) is 0 Å². The average molecular weight is 233 g/mol. The molecule has 85 valence electrons. The van der Waals surface area contributed by atoms with Gasteiger partial charge in [0, 0.05) is 17.2 Å². The highest BCUT2D eigenvalue weighted by Gasteiger charge is 2.13. The SMILES string of the molecule is O=[C]c1cccc(-c2ccc(F)cc2F)c1O. The zero-order valence-corrected chi connectivity index (χ0v) is 8.58. The van der Waals surface area contributed by atoms with Gasteiger partial charge >= 0.3 is 0 Å². The summed E-state index contributed by atoms with van der Waals surface area (Å²) >= 11 is 0. The minimum Gasteiger partial charge on any atom is -0.507 e. The fourth-order valence-electron chi connectivity index (χ4n) is 1.55. The number of hydrogen-bond donors (Lipinski definition) is 1. The number of rotatable bonds is 2. The van der Waals surface area contributed by atoms with Gasteiger partial charge in [-0.25, -0.2) is 8.78 Å². The number of benzene rings is 2. The van der Waals surface area contributed by atoms with Crippen LogP contribution >= 0.6 is 0 Å². The van der Waals surface area contributed by atoms with Crippen LogP contribution in [0.5, 0.6) is 5.75 Å². The van der Waals surface area contributed by atoms with Crippen molar-refractivity contribution in [2.75, 3.05) is 0 Å². The van der Waals surface area contributed by atoms with Gasteiger partial charge in [0.1, 0.15) is 17.4 Å². The monoisotopic (exact) mass is 233 g/mol. The van der Waals surface area contributed by atoms with Crippen LogP contribution in [-0.4, -0.2) is 11.4 Å². The van der Waals surface area contributed by atoms with Crippen LogP contribution in [0.25, 0.3) is 11.1 Å². The van der Waals surface area contributed by atoms with Gasteiger partial charge in [0.25, 0.3) is 0 Å². The minimum absolute atomic E-state index is 0.0287. The molecule has 0 atom stereocenters. The largest absolute Gasteiger partial charge is 0.507 e. The molecule has 2 rings (SSSR count). The highest BCUT2D eigenvalue weighted by Crippen LogP contribution is 2.33. The van der Waals surface area contributed by atoms with Gasteiger partial charge in [-0.2, -0.15) is 0 Å². The summed E-state index contributed by atoms with van der Waals surface area (Å²) in [5.41, 5.74) is 0.0931. The van der Waals surface area contributed by atoms with Crippen molar-refractivity contribution in [1.29, 1.82) is 0 Å². The predicted octanol–water partition coefficient (Wildman–Crippen LogP) is 2.80. The van der Waals surface area contributed by atoms with Crippen LogP contribution in [0.4, 0.5) is 8.78 Å². The summed E-state index contributed by atoms with van der Waals surface area (Å²) in [7, 11) is 0. The number of hydrogen-bond acceptors (Lipinski definition) is 2. The normalized spacial score (nSPS) is 10.2. The smallest absolute Gasteiger partial charge is 0.237 e. The van der Waals surface area contributed by atoms with E-state index in [0.29, 0.717) is 6.07 Å². The molecule has 0 fully saturated rings. The Labute approximate surface area is 96.1 Å². The third-order valence-corrected chi connectivity index (χ3v) is 2.37. The molecule has 0 aromatic heterocycles. The molecule has 0 aliphatic heterocycles. The molecule has 2 nitrogen and oxygen atoms in total. The van der Waals surface area contributed by atoms with Gasteiger partial charge in [-0.3, -0.25) is 4.79 Å². The van der Waals surface area contributed by atoms with E-state index < -0.39 is 11.6 Å². The molecule has 17 heavy (non-hydrogen) atoms. The van der Waals surface area contributed by atoms with Crippen molar-refractivity contribution in [3.8, 4) is 16.9 Å². The summed E-state index contributed by atoms with van der Waals surface area (Å²) in [4.78, 5) is 10.5. The molecular weight excluding hydrogens is 226 g/mol. The summed E-state index contributed by atoms with van der Waals surface area (Å²) < 4.78 is 26.2. The maximum Gasteiger partial charge on any atom is 0.237 e. The lowest BCUT2D eigenvalue weighted by Crippen LogP contribution is -1.90. The van der Waals surface area contributed by atoms with Gasteiger partial charge in [-0.1, -0.05) is 12.1 Å². The van der Waals surface area contributed by atoms with Gasteiger partial charge in [-0.15, -0.1) is 0 Å². The molecule has 4 heteroatoms. The maximum absolute atomic E-state index is 13.5. The Hall–Kier alpha value is -2.23. The zero-order valence-electron chi connectivity index (χ0n) is 8.58. The number of aromatic hydroxyl groups is 1. The molecule has 0 aliphatic rings. The Kier molecular flexibility index (Phi) is 2.87. The molecule has 0 saturated carbocycles. The number of phenolic OH excluding ortho intramolecular Hbond substituents is 1. The van der Waals surface area contributed by atoms with Crippen molar-refractivity contribution >= 4 is 6.29 Å². The van der Waals surface area contributed by atoms with Crippen molar-refractivity contribution in [2.45, 2.75) is 0 Å². The van der Waals surface area contributed by atoms with E-state index in [0.717, 1.165) is 6.07 Å². The first-order valence-electron chi connectivity index (χ1n) is 4.79. The number of phenols is 1. The molecule has 0 bridgehead atoms. The molecule has 0 spiro atoms. The van der Waals surface area contributed by atoms with E-state index in [1.165, 1.54) is 30.6 Å². The predicted molar refractivity (Wildman–Crippen MR) is 58.3 cm³/mol. The molecule has 0 aliphatic carbocycles. The highest BCUT2D eigenvalue weighted by atomic mass is 19.1. The van der Waals surface area contributed by atoms with Crippen molar-refractivity contribution < 1.29 is 18.7 Å². The quantitative estimate of drug-likeness (QED) is 0.865. The molecule has 1 N–H and O–H groups in total. The number of carbonyl (C=O) groups excluding carboxylic acids is 1. The van der Waals surface area contributed by atoms with Crippen LogP contribution in [0.15, 0.2) is 36.4 Å². The maximum atomic E-state index is 13.5. The van der Waals surface area contributed by atoms with Crippen molar-refractivity contribution in [1.82, 2.24) is 0 Å². The highest BCUT2D eigenvalue weighted by molar-refractivity contribution is 5.86. The van der Waals surface area contributed by atoms with Crippen molar-refractivity contribution in [3.05, 3.63) is 53.6 Å². The summed E-state index contributed by atoms with van der Waals surface area (Å²) in [5.74, 6) is -1.87. The van der Waals surface area contributed by atoms with E-state index in [1.54, 1.807) is 0 Å². The van der Waals surface area contributed by atoms with Crippen LogP contribution in [0.1, 0.15) is 5.56 Å². The molecule has 2 aromatic rings. The Bertz CT molecular complexity index is 580. The molecule has 1 radical (unpaired) electrons. The summed E-state index contributed by atoms with van der Waals surface area (Å²) in [5, 5.41) is 9.71. The Morgan fingerprint density at radius 3 is 2.47 bits per heavy atom. The van der Waals surface area contributed by atoms with Crippen LogP contribution in [0.2, 0.25) is 0 Å². The molecule has 0 amide bonds. The van der Waals surface area contributed by atoms with Crippen LogP contribution < -0.4 is 0 Å². The summed E-state index contributed by atoms with van der Waals surface area (Å²) in [6.07, 6.45) is 1.54. The second-order valence-electron chi connectivity index (χ2n) is 3.43. The van der Waals surface area contributed by atoms with E-state index in [2.05, 4.69) is 0 Å². The Balaban J connectivity index is 2.64.